The van der Waals surface area contributed by atoms with Crippen molar-refractivity contribution in [1.82, 2.24) is 5.32 Å². The summed E-state index contributed by atoms with van der Waals surface area (Å²) in [6.45, 7) is 1.93. The minimum atomic E-state index is -0.380. The van der Waals surface area contributed by atoms with E-state index in [0.717, 1.165) is 6.42 Å². The van der Waals surface area contributed by atoms with Crippen LogP contribution in [-0.4, -0.2) is 28.8 Å². The van der Waals surface area contributed by atoms with E-state index >= 15 is 0 Å². The predicted molar refractivity (Wildman–Crippen MR) is 65.8 cm³/mol. The molecule has 1 unspecified atom stereocenters. The van der Waals surface area contributed by atoms with E-state index in [4.69, 9.17) is 10.8 Å². The highest BCUT2D eigenvalue weighted by Gasteiger charge is 2.16. The molecule has 0 heterocycles. The van der Waals surface area contributed by atoms with Gasteiger partial charge in [-0.15, -0.1) is 0 Å². The highest BCUT2D eigenvalue weighted by atomic mass is 16.3. The number of aromatic hydroxyl groups is 1. The van der Waals surface area contributed by atoms with Crippen LogP contribution in [-0.2, 0) is 0 Å². The second kappa shape index (κ2) is 6.10. The number of para-hydroxylation sites is 1. The van der Waals surface area contributed by atoms with Crippen molar-refractivity contribution in [3.63, 3.8) is 0 Å². The average molecular weight is 238 g/mol. The number of phenols is 1. The molecule has 17 heavy (non-hydrogen) atoms. The van der Waals surface area contributed by atoms with Crippen LogP contribution in [0.5, 0.6) is 5.75 Å². The topological polar surface area (TPSA) is 95.6 Å². The summed E-state index contributed by atoms with van der Waals surface area (Å²) in [7, 11) is 0. The Morgan fingerprint density at radius 2 is 2.24 bits per heavy atom. The highest BCUT2D eigenvalue weighted by Crippen LogP contribution is 2.24. The highest BCUT2D eigenvalue weighted by molar-refractivity contribution is 5.98. The van der Waals surface area contributed by atoms with Gasteiger partial charge in [-0.3, -0.25) is 4.79 Å². The number of nitrogen functional groups attached to an aromatic ring is 1. The molecule has 1 atom stereocenters. The van der Waals surface area contributed by atoms with Crippen LogP contribution < -0.4 is 11.1 Å². The number of carbonyl (C=O) groups is 1. The Kier molecular flexibility index (Phi) is 4.78. The monoisotopic (exact) mass is 238 g/mol. The van der Waals surface area contributed by atoms with Crippen molar-refractivity contribution >= 4 is 11.6 Å². The van der Waals surface area contributed by atoms with Crippen LogP contribution in [0.4, 0.5) is 5.69 Å². The molecule has 0 bridgehead atoms. The number of anilines is 1. The number of phenolic OH excluding ortho intramolecular Hbond substituents is 1. The summed E-state index contributed by atoms with van der Waals surface area (Å²) in [4.78, 5) is 11.9. The second-order valence-corrected chi connectivity index (χ2v) is 3.83. The number of nitrogens with one attached hydrogen (secondary N) is 1. The van der Waals surface area contributed by atoms with Crippen molar-refractivity contribution in [3.8, 4) is 5.75 Å². The van der Waals surface area contributed by atoms with Crippen LogP contribution in [0.3, 0.4) is 0 Å². The summed E-state index contributed by atoms with van der Waals surface area (Å²) in [6.07, 6.45) is 1.21. The van der Waals surface area contributed by atoms with Gasteiger partial charge in [0.15, 0.2) is 5.75 Å². The van der Waals surface area contributed by atoms with Crippen LogP contribution in [0, 0.1) is 0 Å². The number of amides is 1. The number of aliphatic hydroxyl groups is 1. The molecule has 0 aromatic heterocycles. The Balaban J connectivity index is 2.79. The maximum Gasteiger partial charge on any atom is 0.255 e. The van der Waals surface area contributed by atoms with Gasteiger partial charge >= 0.3 is 0 Å². The molecule has 1 aromatic carbocycles. The molecular weight excluding hydrogens is 220 g/mol. The molecule has 0 radical (unpaired) electrons. The quantitative estimate of drug-likeness (QED) is 0.452. The maximum absolute atomic E-state index is 11.9. The number of carbonyl (C=O) groups excluding carboxylic acids is 1. The first-order valence-corrected chi connectivity index (χ1v) is 5.59. The smallest absolute Gasteiger partial charge is 0.255 e. The van der Waals surface area contributed by atoms with Gasteiger partial charge in [0.1, 0.15) is 0 Å². The largest absolute Gasteiger partial charge is 0.505 e. The van der Waals surface area contributed by atoms with Gasteiger partial charge in [0.25, 0.3) is 5.91 Å². The fourth-order valence-corrected chi connectivity index (χ4v) is 1.54. The second-order valence-electron chi connectivity index (χ2n) is 3.83. The van der Waals surface area contributed by atoms with E-state index in [-0.39, 0.29) is 35.6 Å². The number of hydrogen-bond donors (Lipinski definition) is 4. The van der Waals surface area contributed by atoms with Gasteiger partial charge in [-0.2, -0.15) is 0 Å². The average Bonchev–Trinajstić information content (AvgIpc) is 2.31. The van der Waals surface area contributed by atoms with Crippen LogP contribution >= 0.6 is 0 Å². The first-order valence-electron chi connectivity index (χ1n) is 5.59. The van der Waals surface area contributed by atoms with Crippen LogP contribution in [0.25, 0.3) is 0 Å². The fraction of sp³-hybridized carbons (Fsp3) is 0.417. The maximum atomic E-state index is 11.9. The van der Waals surface area contributed by atoms with Crippen molar-refractivity contribution in [2.75, 3.05) is 12.3 Å². The first kappa shape index (κ1) is 13.3. The summed E-state index contributed by atoms with van der Waals surface area (Å²) >= 11 is 0. The van der Waals surface area contributed by atoms with E-state index in [2.05, 4.69) is 5.32 Å². The van der Waals surface area contributed by atoms with Crippen molar-refractivity contribution in [2.24, 2.45) is 0 Å². The minimum absolute atomic E-state index is 0.0156. The molecule has 0 aliphatic heterocycles. The molecule has 1 rings (SSSR count). The number of hydrogen-bond acceptors (Lipinski definition) is 4. The summed E-state index contributed by atoms with van der Waals surface area (Å²) < 4.78 is 0. The zero-order valence-corrected chi connectivity index (χ0v) is 9.81. The molecule has 5 heteroatoms. The Hall–Kier alpha value is -1.75. The molecule has 0 saturated heterocycles. The van der Waals surface area contributed by atoms with E-state index in [1.54, 1.807) is 6.07 Å². The predicted octanol–water partition coefficient (Wildman–Crippen LogP) is 0.865. The van der Waals surface area contributed by atoms with Gasteiger partial charge in [-0.1, -0.05) is 13.0 Å². The van der Waals surface area contributed by atoms with Crippen molar-refractivity contribution in [1.29, 1.82) is 0 Å². The van der Waals surface area contributed by atoms with Crippen LogP contribution in [0.1, 0.15) is 30.1 Å². The summed E-state index contributed by atoms with van der Waals surface area (Å²) in [5, 5.41) is 21.2. The van der Waals surface area contributed by atoms with Crippen molar-refractivity contribution in [2.45, 2.75) is 25.8 Å². The molecular formula is C12H18N2O3. The zero-order chi connectivity index (χ0) is 12.8. The summed E-state index contributed by atoms with van der Waals surface area (Å²) in [5.74, 6) is -0.584. The molecule has 5 nitrogen and oxygen atoms in total. The lowest BCUT2D eigenvalue weighted by Gasteiger charge is -2.16. The molecule has 0 saturated carbocycles. The van der Waals surface area contributed by atoms with Gasteiger partial charge in [0, 0.05) is 12.6 Å². The SMILES string of the molecule is CCC(CCO)NC(=O)c1cccc(N)c1O. The minimum Gasteiger partial charge on any atom is -0.505 e. The van der Waals surface area contributed by atoms with E-state index in [1.807, 2.05) is 6.92 Å². The third kappa shape index (κ3) is 3.35. The molecule has 0 aliphatic carbocycles. The normalized spacial score (nSPS) is 12.1. The molecule has 1 amide bonds. The van der Waals surface area contributed by atoms with Gasteiger partial charge in [-0.05, 0) is 25.0 Å². The van der Waals surface area contributed by atoms with Crippen LogP contribution in [0.2, 0.25) is 0 Å². The Bertz CT molecular complexity index is 393. The summed E-state index contributed by atoms with van der Waals surface area (Å²) in [5.41, 5.74) is 5.84. The third-order valence-corrected chi connectivity index (χ3v) is 2.62. The fourth-order valence-electron chi connectivity index (χ4n) is 1.54. The Labute approximate surface area is 100 Å². The molecule has 1 aromatic rings. The van der Waals surface area contributed by atoms with E-state index in [1.165, 1.54) is 12.1 Å². The van der Waals surface area contributed by atoms with Crippen LogP contribution in [0.15, 0.2) is 18.2 Å². The van der Waals surface area contributed by atoms with Crippen molar-refractivity contribution in [3.05, 3.63) is 23.8 Å². The van der Waals surface area contributed by atoms with Crippen molar-refractivity contribution < 1.29 is 15.0 Å². The number of aliphatic hydroxyl groups excluding tert-OH is 1. The Morgan fingerprint density at radius 3 is 2.82 bits per heavy atom. The molecule has 94 valence electrons. The molecule has 0 spiro atoms. The van der Waals surface area contributed by atoms with E-state index < -0.39 is 0 Å². The van der Waals surface area contributed by atoms with E-state index in [0.29, 0.717) is 6.42 Å². The molecule has 0 aliphatic rings. The lowest BCUT2D eigenvalue weighted by atomic mass is 10.1. The molecule has 0 fully saturated rings. The zero-order valence-electron chi connectivity index (χ0n) is 9.81. The Morgan fingerprint density at radius 1 is 1.53 bits per heavy atom. The van der Waals surface area contributed by atoms with Gasteiger partial charge < -0.3 is 21.3 Å². The number of rotatable bonds is 5. The first-order chi connectivity index (χ1) is 8.10. The van der Waals surface area contributed by atoms with Gasteiger partial charge in [-0.25, -0.2) is 0 Å². The standard InChI is InChI=1S/C12H18N2O3/c1-2-8(6-7-15)14-12(17)9-4-3-5-10(13)11(9)16/h3-5,8,15-16H,2,6-7,13H2,1H3,(H,14,17). The third-order valence-electron chi connectivity index (χ3n) is 2.62. The number of benzene rings is 1. The summed E-state index contributed by atoms with van der Waals surface area (Å²) in [6, 6.07) is 4.54. The van der Waals surface area contributed by atoms with Gasteiger partial charge in [0.05, 0.1) is 11.3 Å². The number of nitrogens with two attached hydrogens (primary N) is 1. The lowest BCUT2D eigenvalue weighted by molar-refractivity contribution is 0.0926. The molecule has 5 N–H and O–H groups in total. The lowest BCUT2D eigenvalue weighted by Crippen LogP contribution is -2.35. The van der Waals surface area contributed by atoms with Gasteiger partial charge in [0.2, 0.25) is 0 Å². The van der Waals surface area contributed by atoms with E-state index in [9.17, 15) is 9.90 Å².